The molecule has 3 N–H and O–H groups in total. The number of anilines is 1. The molecule has 13 heavy (non-hydrogen) atoms. The summed E-state index contributed by atoms with van der Waals surface area (Å²) >= 11 is 4.50. The Kier molecular flexibility index (Phi) is 3.17. The van der Waals surface area contributed by atoms with E-state index in [4.69, 9.17) is 9.79 Å². The van der Waals surface area contributed by atoms with E-state index in [1.165, 1.54) is 0 Å². The molecule has 0 bridgehead atoms. The second kappa shape index (κ2) is 3.98. The Labute approximate surface area is 80.8 Å². The van der Waals surface area contributed by atoms with Crippen molar-refractivity contribution >= 4 is 30.2 Å². The average molecular weight is 217 g/mol. The maximum absolute atomic E-state index is 10.6. The van der Waals surface area contributed by atoms with E-state index in [1.807, 2.05) is 0 Å². The Bertz CT molecular complexity index is 348. The highest BCUT2D eigenvalue weighted by Crippen LogP contribution is 2.36. The Morgan fingerprint density at radius 2 is 1.85 bits per heavy atom. The smallest absolute Gasteiger partial charge is 0.340 e. The van der Waals surface area contributed by atoms with Crippen LogP contribution in [-0.4, -0.2) is 14.5 Å². The second-order valence-corrected chi connectivity index (χ2v) is 4.59. The lowest BCUT2D eigenvalue weighted by Gasteiger charge is -2.07. The molecule has 0 spiro atoms. The van der Waals surface area contributed by atoms with Gasteiger partial charge in [0.25, 0.3) is 0 Å². The zero-order valence-electron chi connectivity index (χ0n) is 6.54. The van der Waals surface area contributed by atoms with Gasteiger partial charge in [-0.1, -0.05) is 30.4 Å². The van der Waals surface area contributed by atoms with Crippen molar-refractivity contribution in [3.8, 4) is 0 Å². The lowest BCUT2D eigenvalue weighted by atomic mass is 10.3. The monoisotopic (exact) mass is 217 g/mol. The quantitative estimate of drug-likeness (QED) is 0.518. The topological polar surface area (TPSA) is 69.6 Å². The number of thiocarbonyl (C=S) groups is 1. The third-order valence-corrected chi connectivity index (χ3v) is 2.75. The fourth-order valence-electron chi connectivity index (χ4n) is 0.718. The van der Waals surface area contributed by atoms with Gasteiger partial charge in [-0.3, -0.25) is 4.57 Å². The van der Waals surface area contributed by atoms with Gasteiger partial charge in [0.15, 0.2) is 4.73 Å². The summed E-state index contributed by atoms with van der Waals surface area (Å²) in [5.74, 6) is 0. The van der Waals surface area contributed by atoms with Crippen LogP contribution in [0.5, 0.6) is 0 Å². The van der Waals surface area contributed by atoms with Crippen molar-refractivity contribution in [2.24, 2.45) is 0 Å². The van der Waals surface area contributed by atoms with Crippen LogP contribution in [0.1, 0.15) is 0 Å². The zero-order chi connectivity index (χ0) is 9.90. The average Bonchev–Trinajstić information content (AvgIpc) is 2.04. The predicted octanol–water partition coefficient (Wildman–Crippen LogP) is 1.56. The fourth-order valence-corrected chi connectivity index (χ4v) is 1.11. The van der Waals surface area contributed by atoms with E-state index in [-0.39, 0.29) is 0 Å². The summed E-state index contributed by atoms with van der Waals surface area (Å²) in [6.45, 7) is 0. The van der Waals surface area contributed by atoms with Gasteiger partial charge < -0.3 is 15.1 Å². The van der Waals surface area contributed by atoms with Crippen LogP contribution in [0.3, 0.4) is 0 Å². The van der Waals surface area contributed by atoms with E-state index in [2.05, 4.69) is 17.5 Å². The molecule has 0 fully saturated rings. The second-order valence-electron chi connectivity index (χ2n) is 2.34. The standard InChI is InChI=1S/C7H8NO3PS/c9-12(10,11)7(13)8-6-4-2-1-3-5-6/h1-5H,(H,8,13)(H2,9,10,11). The fraction of sp³-hybridized carbons (Fsp3) is 0. The van der Waals surface area contributed by atoms with Crippen molar-refractivity contribution in [1.82, 2.24) is 0 Å². The van der Waals surface area contributed by atoms with Crippen molar-refractivity contribution in [2.45, 2.75) is 0 Å². The first-order chi connectivity index (χ1) is 6.00. The Morgan fingerprint density at radius 1 is 1.31 bits per heavy atom. The molecular formula is C7H8NO3PS. The van der Waals surface area contributed by atoms with Gasteiger partial charge in [-0.15, -0.1) is 0 Å². The predicted molar refractivity (Wildman–Crippen MR) is 54.7 cm³/mol. The first-order valence-electron chi connectivity index (χ1n) is 3.42. The molecule has 0 saturated carbocycles. The molecule has 0 atom stereocenters. The van der Waals surface area contributed by atoms with Crippen LogP contribution in [0.25, 0.3) is 0 Å². The number of benzene rings is 1. The maximum Gasteiger partial charge on any atom is 0.383 e. The van der Waals surface area contributed by atoms with Gasteiger partial charge in [-0.2, -0.15) is 0 Å². The Hall–Kier alpha value is -0.740. The highest BCUT2D eigenvalue weighted by atomic mass is 32.1. The first-order valence-corrected chi connectivity index (χ1v) is 5.44. The summed E-state index contributed by atoms with van der Waals surface area (Å²) in [4.78, 5) is 17.3. The zero-order valence-corrected chi connectivity index (χ0v) is 8.26. The number of hydrogen-bond acceptors (Lipinski definition) is 2. The molecule has 0 amide bonds. The minimum absolute atomic E-state index is 0.460. The molecule has 1 aromatic carbocycles. The van der Waals surface area contributed by atoms with Crippen LogP contribution < -0.4 is 5.32 Å². The van der Waals surface area contributed by atoms with Crippen LogP contribution in [0.15, 0.2) is 30.3 Å². The summed E-state index contributed by atoms with van der Waals surface area (Å²) in [6, 6.07) is 8.62. The number of hydrogen-bond donors (Lipinski definition) is 3. The van der Waals surface area contributed by atoms with E-state index in [0.717, 1.165) is 0 Å². The molecule has 70 valence electrons. The lowest BCUT2D eigenvalue weighted by Crippen LogP contribution is -2.08. The molecule has 1 aromatic rings. The Balaban J connectivity index is 2.72. The van der Waals surface area contributed by atoms with E-state index in [1.54, 1.807) is 30.3 Å². The molecule has 0 radical (unpaired) electrons. The van der Waals surface area contributed by atoms with Crippen LogP contribution in [0.2, 0.25) is 0 Å². The van der Waals surface area contributed by atoms with Crippen molar-refractivity contribution in [2.75, 3.05) is 5.32 Å². The largest absolute Gasteiger partial charge is 0.383 e. The van der Waals surface area contributed by atoms with Gasteiger partial charge in [-0.05, 0) is 12.1 Å². The first kappa shape index (κ1) is 10.3. The normalized spacial score (nSPS) is 10.9. The van der Waals surface area contributed by atoms with Crippen LogP contribution in [-0.2, 0) is 4.57 Å². The van der Waals surface area contributed by atoms with Gasteiger partial charge in [0, 0.05) is 5.69 Å². The third kappa shape index (κ3) is 3.24. The molecule has 0 aliphatic rings. The van der Waals surface area contributed by atoms with E-state index < -0.39 is 12.3 Å². The molecule has 6 heteroatoms. The van der Waals surface area contributed by atoms with Gasteiger partial charge in [-0.25, -0.2) is 0 Å². The Morgan fingerprint density at radius 3 is 2.31 bits per heavy atom. The molecule has 0 heterocycles. The summed E-state index contributed by atoms with van der Waals surface area (Å²) in [7, 11) is -4.30. The van der Waals surface area contributed by atoms with E-state index >= 15 is 0 Å². The van der Waals surface area contributed by atoms with Crippen molar-refractivity contribution in [3.05, 3.63) is 30.3 Å². The van der Waals surface area contributed by atoms with E-state index in [0.29, 0.717) is 5.69 Å². The third-order valence-electron chi connectivity index (χ3n) is 1.29. The minimum atomic E-state index is -4.30. The molecular weight excluding hydrogens is 209 g/mol. The molecule has 0 unspecified atom stereocenters. The summed E-state index contributed by atoms with van der Waals surface area (Å²) in [6.07, 6.45) is 0. The van der Waals surface area contributed by atoms with Crippen LogP contribution in [0.4, 0.5) is 5.69 Å². The molecule has 0 aliphatic heterocycles. The highest BCUT2D eigenvalue weighted by molar-refractivity contribution is 7.97. The highest BCUT2D eigenvalue weighted by Gasteiger charge is 2.20. The van der Waals surface area contributed by atoms with Gasteiger partial charge in [0.1, 0.15) is 0 Å². The molecule has 4 nitrogen and oxygen atoms in total. The minimum Gasteiger partial charge on any atom is -0.340 e. The number of rotatable bonds is 2. The lowest BCUT2D eigenvalue weighted by molar-refractivity contribution is 0.391. The molecule has 0 aromatic heterocycles. The van der Waals surface area contributed by atoms with Crippen molar-refractivity contribution in [3.63, 3.8) is 0 Å². The summed E-state index contributed by atoms with van der Waals surface area (Å²) < 4.78 is 10.2. The number of para-hydroxylation sites is 1. The summed E-state index contributed by atoms with van der Waals surface area (Å²) in [5.41, 5.74) is 0.566. The van der Waals surface area contributed by atoms with Gasteiger partial charge >= 0.3 is 7.60 Å². The molecule has 1 rings (SSSR count). The SMILES string of the molecule is O=P(O)(O)C(=S)Nc1ccccc1. The van der Waals surface area contributed by atoms with Crippen molar-refractivity contribution in [1.29, 1.82) is 0 Å². The molecule has 0 saturated heterocycles. The number of nitrogens with one attached hydrogen (secondary N) is 1. The maximum atomic E-state index is 10.6. The van der Waals surface area contributed by atoms with Gasteiger partial charge in [0.05, 0.1) is 0 Å². The van der Waals surface area contributed by atoms with Crippen LogP contribution >= 0.6 is 19.8 Å². The van der Waals surface area contributed by atoms with Gasteiger partial charge in [0.2, 0.25) is 0 Å². The van der Waals surface area contributed by atoms with E-state index in [9.17, 15) is 4.57 Å². The summed E-state index contributed by atoms with van der Waals surface area (Å²) in [5, 5.41) is 2.45. The molecule has 0 aliphatic carbocycles. The van der Waals surface area contributed by atoms with Crippen LogP contribution in [0, 0.1) is 0 Å². The van der Waals surface area contributed by atoms with Crippen molar-refractivity contribution < 1.29 is 14.4 Å².